The number of aryl methyl sites for hydroxylation is 1. The number of thioether (sulfide) groups is 1. The van der Waals surface area contributed by atoms with Crippen LogP contribution in [0.3, 0.4) is 0 Å². The van der Waals surface area contributed by atoms with E-state index in [4.69, 9.17) is 0 Å². The Morgan fingerprint density at radius 1 is 1.50 bits per heavy atom. The minimum Gasteiger partial charge on any atom is -0.310 e. The topological polar surface area (TPSA) is 57.8 Å². The molecule has 18 heavy (non-hydrogen) atoms. The van der Waals surface area contributed by atoms with E-state index in [0.717, 1.165) is 16.9 Å². The first-order valence-corrected chi connectivity index (χ1v) is 6.77. The number of amides is 1. The molecule has 1 aliphatic rings. The lowest BCUT2D eigenvalue weighted by Crippen LogP contribution is -2.21. The van der Waals surface area contributed by atoms with E-state index in [-0.39, 0.29) is 11.8 Å². The van der Waals surface area contributed by atoms with Gasteiger partial charge in [0.15, 0.2) is 0 Å². The van der Waals surface area contributed by atoms with Crippen LogP contribution in [0.15, 0.2) is 35.4 Å². The minimum atomic E-state index is -0.0751. The Morgan fingerprint density at radius 2 is 2.33 bits per heavy atom. The van der Waals surface area contributed by atoms with Gasteiger partial charge in [0.05, 0.1) is 12.1 Å². The van der Waals surface area contributed by atoms with Crippen molar-refractivity contribution in [2.24, 2.45) is 0 Å². The van der Waals surface area contributed by atoms with E-state index >= 15 is 0 Å². The Bertz CT molecular complexity index is 593. The number of rotatable bonds is 2. The van der Waals surface area contributed by atoms with Crippen molar-refractivity contribution in [3.05, 3.63) is 41.6 Å². The molecule has 1 aromatic carbocycles. The summed E-state index contributed by atoms with van der Waals surface area (Å²) in [6.07, 6.45) is 1.70. The molecule has 92 valence electrons. The van der Waals surface area contributed by atoms with E-state index in [1.54, 1.807) is 18.0 Å². The third-order valence-corrected chi connectivity index (χ3v) is 4.28. The van der Waals surface area contributed by atoms with E-state index in [2.05, 4.69) is 21.6 Å². The zero-order valence-corrected chi connectivity index (χ0v) is 10.8. The fourth-order valence-electron chi connectivity index (χ4n) is 2.06. The lowest BCUT2D eigenvalue weighted by atomic mass is 10.0. The Kier molecular flexibility index (Phi) is 2.83. The van der Waals surface area contributed by atoms with E-state index in [1.807, 2.05) is 25.1 Å². The van der Waals surface area contributed by atoms with Gasteiger partial charge in [-0.3, -0.25) is 9.89 Å². The second-order valence-electron chi connectivity index (χ2n) is 4.32. The van der Waals surface area contributed by atoms with Gasteiger partial charge in [-0.1, -0.05) is 18.2 Å². The van der Waals surface area contributed by atoms with Crippen molar-refractivity contribution in [2.75, 3.05) is 11.1 Å². The lowest BCUT2D eigenvalue weighted by Gasteiger charge is -2.10. The molecule has 0 aliphatic carbocycles. The lowest BCUT2D eigenvalue weighted by molar-refractivity contribution is -0.117. The maximum absolute atomic E-state index is 12.3. The van der Waals surface area contributed by atoms with Crippen molar-refractivity contribution < 1.29 is 4.79 Å². The Hall–Kier alpha value is -1.75. The quantitative estimate of drug-likeness (QED) is 0.871. The molecule has 1 amide bonds. The Morgan fingerprint density at radius 3 is 3.11 bits per heavy atom. The molecule has 2 heterocycles. The SMILES string of the molecule is Cc1cn[nH]c1NC(=O)C1CSc2ccccc21. The molecule has 1 unspecified atom stereocenters. The highest BCUT2D eigenvalue weighted by atomic mass is 32.2. The number of fused-ring (bicyclic) bond motifs is 1. The summed E-state index contributed by atoms with van der Waals surface area (Å²) in [7, 11) is 0. The maximum Gasteiger partial charge on any atom is 0.233 e. The normalized spacial score (nSPS) is 17.5. The first kappa shape index (κ1) is 11.3. The summed E-state index contributed by atoms with van der Waals surface area (Å²) < 4.78 is 0. The summed E-state index contributed by atoms with van der Waals surface area (Å²) in [6, 6.07) is 8.08. The van der Waals surface area contributed by atoms with Crippen molar-refractivity contribution in [1.29, 1.82) is 0 Å². The molecular weight excluding hydrogens is 246 g/mol. The smallest absolute Gasteiger partial charge is 0.233 e. The molecule has 2 N–H and O–H groups in total. The molecule has 0 radical (unpaired) electrons. The van der Waals surface area contributed by atoms with Crippen LogP contribution in [0.4, 0.5) is 5.82 Å². The largest absolute Gasteiger partial charge is 0.310 e. The number of aromatic nitrogens is 2. The van der Waals surface area contributed by atoms with Gasteiger partial charge in [-0.2, -0.15) is 5.10 Å². The molecular formula is C13H13N3OS. The van der Waals surface area contributed by atoms with Crippen molar-refractivity contribution in [3.8, 4) is 0 Å². The second kappa shape index (κ2) is 4.49. The van der Waals surface area contributed by atoms with Gasteiger partial charge in [0, 0.05) is 16.2 Å². The summed E-state index contributed by atoms with van der Waals surface area (Å²) in [5.41, 5.74) is 2.07. The monoisotopic (exact) mass is 259 g/mol. The van der Waals surface area contributed by atoms with Crippen LogP contribution < -0.4 is 5.32 Å². The molecule has 0 fully saturated rings. The van der Waals surface area contributed by atoms with Crippen LogP contribution in [0, 0.1) is 6.92 Å². The summed E-state index contributed by atoms with van der Waals surface area (Å²) in [5.74, 6) is 1.45. The predicted molar refractivity (Wildman–Crippen MR) is 71.9 cm³/mol. The summed E-state index contributed by atoms with van der Waals surface area (Å²) in [6.45, 7) is 1.91. The number of H-pyrrole nitrogens is 1. The van der Waals surface area contributed by atoms with Gasteiger partial charge < -0.3 is 5.32 Å². The summed E-state index contributed by atoms with van der Waals surface area (Å²) in [5, 5.41) is 9.60. The highest BCUT2D eigenvalue weighted by molar-refractivity contribution is 7.99. The van der Waals surface area contributed by atoms with Crippen LogP contribution in [-0.2, 0) is 4.79 Å². The molecule has 3 rings (SSSR count). The molecule has 1 aliphatic heterocycles. The van der Waals surface area contributed by atoms with Crippen molar-refractivity contribution >= 4 is 23.5 Å². The highest BCUT2D eigenvalue weighted by Gasteiger charge is 2.29. The minimum absolute atomic E-state index is 0.0276. The fourth-order valence-corrected chi connectivity index (χ4v) is 3.29. The number of carbonyl (C=O) groups excluding carboxylic acids is 1. The van der Waals surface area contributed by atoms with Gasteiger partial charge in [0.2, 0.25) is 5.91 Å². The van der Waals surface area contributed by atoms with E-state index in [1.165, 1.54) is 4.90 Å². The summed E-state index contributed by atoms with van der Waals surface area (Å²) in [4.78, 5) is 13.5. The number of benzene rings is 1. The maximum atomic E-state index is 12.3. The van der Waals surface area contributed by atoms with Crippen LogP contribution in [-0.4, -0.2) is 21.9 Å². The number of hydrogen-bond donors (Lipinski definition) is 2. The van der Waals surface area contributed by atoms with Gasteiger partial charge >= 0.3 is 0 Å². The van der Waals surface area contributed by atoms with Crippen molar-refractivity contribution in [2.45, 2.75) is 17.7 Å². The van der Waals surface area contributed by atoms with E-state index in [9.17, 15) is 4.79 Å². The number of anilines is 1. The predicted octanol–water partition coefficient (Wildman–Crippen LogP) is 2.55. The van der Waals surface area contributed by atoms with Gasteiger partial charge in [0.25, 0.3) is 0 Å². The van der Waals surface area contributed by atoms with Crippen LogP contribution in [0.5, 0.6) is 0 Å². The Labute approximate surface area is 109 Å². The average molecular weight is 259 g/mol. The molecule has 0 saturated carbocycles. The molecule has 0 spiro atoms. The van der Waals surface area contributed by atoms with E-state index < -0.39 is 0 Å². The first-order chi connectivity index (χ1) is 8.75. The molecule has 1 aromatic heterocycles. The van der Waals surface area contributed by atoms with E-state index in [0.29, 0.717) is 5.82 Å². The molecule has 4 nitrogen and oxygen atoms in total. The van der Waals surface area contributed by atoms with Crippen LogP contribution in [0.1, 0.15) is 17.0 Å². The van der Waals surface area contributed by atoms with Crippen LogP contribution in [0.2, 0.25) is 0 Å². The van der Waals surface area contributed by atoms with Crippen molar-refractivity contribution in [1.82, 2.24) is 10.2 Å². The van der Waals surface area contributed by atoms with Crippen LogP contribution >= 0.6 is 11.8 Å². The molecule has 5 heteroatoms. The number of hydrogen-bond acceptors (Lipinski definition) is 3. The zero-order valence-electron chi connectivity index (χ0n) is 9.93. The standard InChI is InChI=1S/C13H13N3OS/c1-8-6-14-16-12(8)15-13(17)10-7-18-11-5-3-2-4-9(10)11/h2-6,10H,7H2,1H3,(H2,14,15,16,17). The zero-order chi connectivity index (χ0) is 12.5. The van der Waals surface area contributed by atoms with Gasteiger partial charge in [-0.15, -0.1) is 11.8 Å². The highest BCUT2D eigenvalue weighted by Crippen LogP contribution is 2.39. The summed E-state index contributed by atoms with van der Waals surface area (Å²) >= 11 is 1.73. The third kappa shape index (κ3) is 1.90. The molecule has 0 bridgehead atoms. The number of nitrogens with one attached hydrogen (secondary N) is 2. The van der Waals surface area contributed by atoms with Gasteiger partial charge in [0.1, 0.15) is 5.82 Å². The van der Waals surface area contributed by atoms with Gasteiger partial charge in [-0.25, -0.2) is 0 Å². The van der Waals surface area contributed by atoms with Gasteiger partial charge in [-0.05, 0) is 18.6 Å². The molecule has 2 aromatic rings. The first-order valence-electron chi connectivity index (χ1n) is 5.78. The number of aromatic amines is 1. The number of carbonyl (C=O) groups is 1. The van der Waals surface area contributed by atoms with Crippen LogP contribution in [0.25, 0.3) is 0 Å². The van der Waals surface area contributed by atoms with Crippen molar-refractivity contribution in [3.63, 3.8) is 0 Å². The Balaban J connectivity index is 1.81. The number of nitrogens with zero attached hydrogens (tertiary/aromatic N) is 1. The molecule has 0 saturated heterocycles. The molecule has 1 atom stereocenters. The average Bonchev–Trinajstić information content (AvgIpc) is 2.96. The third-order valence-electron chi connectivity index (χ3n) is 3.09. The second-order valence-corrected chi connectivity index (χ2v) is 5.38. The fraction of sp³-hybridized carbons (Fsp3) is 0.231.